The van der Waals surface area contributed by atoms with Crippen molar-refractivity contribution in [3.63, 3.8) is 0 Å². The van der Waals surface area contributed by atoms with Crippen LogP contribution in [0, 0.1) is 19.3 Å². The molecule has 16 heavy (non-hydrogen) atoms. The van der Waals surface area contributed by atoms with Gasteiger partial charge in [0.2, 0.25) is 0 Å². The summed E-state index contributed by atoms with van der Waals surface area (Å²) in [5, 5.41) is 6.50. The molecule has 1 N–H and O–H groups in total. The summed E-state index contributed by atoms with van der Waals surface area (Å²) < 4.78 is 0. The van der Waals surface area contributed by atoms with Crippen LogP contribution in [-0.2, 0) is 0 Å². The number of thiophene rings is 1. The fraction of sp³-hybridized carbons (Fsp3) is 0.538. The molecule has 0 saturated heterocycles. The molecule has 1 nitrogen and oxygen atoms in total. The molecule has 0 spiro atoms. The van der Waals surface area contributed by atoms with Crippen molar-refractivity contribution in [3.05, 3.63) is 20.8 Å². The van der Waals surface area contributed by atoms with E-state index in [1.165, 1.54) is 10.4 Å². The lowest BCUT2D eigenvalue weighted by molar-refractivity contribution is 0.509. The topological polar surface area (TPSA) is 12.0 Å². The summed E-state index contributed by atoms with van der Waals surface area (Å²) in [5.41, 5.74) is 1.17. The monoisotopic (exact) mass is 255 g/mol. The van der Waals surface area contributed by atoms with Crippen molar-refractivity contribution < 1.29 is 0 Å². The summed E-state index contributed by atoms with van der Waals surface area (Å²) in [6, 6.07) is 0.351. The van der Waals surface area contributed by atoms with Crippen LogP contribution in [-0.4, -0.2) is 6.54 Å². The lowest BCUT2D eigenvalue weighted by atomic mass is 10.1. The maximum absolute atomic E-state index is 6.28. The molecule has 1 atom stereocenters. The third-order valence-electron chi connectivity index (χ3n) is 2.51. The molecule has 0 saturated carbocycles. The fourth-order valence-electron chi connectivity index (χ4n) is 1.67. The highest BCUT2D eigenvalue weighted by molar-refractivity contribution is 7.10. The van der Waals surface area contributed by atoms with Crippen molar-refractivity contribution >= 4 is 22.9 Å². The minimum Gasteiger partial charge on any atom is -0.309 e. The van der Waals surface area contributed by atoms with Crippen molar-refractivity contribution in [2.75, 3.05) is 6.54 Å². The van der Waals surface area contributed by atoms with Gasteiger partial charge >= 0.3 is 0 Å². The Kier molecular flexibility index (Phi) is 5.90. The van der Waals surface area contributed by atoms with E-state index in [2.05, 4.69) is 23.5 Å². The van der Waals surface area contributed by atoms with Gasteiger partial charge in [0.25, 0.3) is 0 Å². The quantitative estimate of drug-likeness (QED) is 0.594. The van der Waals surface area contributed by atoms with Gasteiger partial charge in [-0.25, -0.2) is 0 Å². The van der Waals surface area contributed by atoms with Gasteiger partial charge in [0.05, 0.1) is 5.02 Å². The van der Waals surface area contributed by atoms with Crippen LogP contribution in [0.2, 0.25) is 5.02 Å². The molecule has 0 aliphatic rings. The highest BCUT2D eigenvalue weighted by Crippen LogP contribution is 2.34. The van der Waals surface area contributed by atoms with Crippen molar-refractivity contribution in [3.8, 4) is 12.3 Å². The van der Waals surface area contributed by atoms with Crippen molar-refractivity contribution in [2.45, 2.75) is 39.2 Å². The van der Waals surface area contributed by atoms with Crippen LogP contribution in [0.4, 0.5) is 0 Å². The predicted octanol–water partition coefficient (Wildman–Crippen LogP) is 4.16. The lowest BCUT2D eigenvalue weighted by Gasteiger charge is -2.16. The van der Waals surface area contributed by atoms with Gasteiger partial charge < -0.3 is 5.32 Å². The van der Waals surface area contributed by atoms with Crippen LogP contribution in [0.3, 0.4) is 0 Å². The van der Waals surface area contributed by atoms with Crippen LogP contribution >= 0.6 is 22.9 Å². The van der Waals surface area contributed by atoms with Crippen molar-refractivity contribution in [1.29, 1.82) is 0 Å². The number of nitrogens with one attached hydrogen (secondary N) is 1. The first kappa shape index (κ1) is 13.6. The molecule has 0 aromatic carbocycles. The van der Waals surface area contributed by atoms with Gasteiger partial charge in [-0.05, 0) is 37.3 Å². The summed E-state index contributed by atoms with van der Waals surface area (Å²) in [6.45, 7) is 5.11. The molecule has 0 aliphatic heterocycles. The second-order valence-corrected chi connectivity index (χ2v) is 5.09. The molecule has 1 aromatic rings. The zero-order valence-electron chi connectivity index (χ0n) is 9.85. The molecule has 0 radical (unpaired) electrons. The van der Waals surface area contributed by atoms with E-state index in [1.807, 2.05) is 6.92 Å². The Morgan fingerprint density at radius 3 is 2.88 bits per heavy atom. The van der Waals surface area contributed by atoms with Gasteiger partial charge in [-0.3, -0.25) is 0 Å². The zero-order chi connectivity index (χ0) is 12.0. The van der Waals surface area contributed by atoms with E-state index in [0.717, 1.165) is 30.8 Å². The van der Waals surface area contributed by atoms with E-state index in [9.17, 15) is 0 Å². The second kappa shape index (κ2) is 6.96. The number of hydrogen-bond donors (Lipinski definition) is 1. The van der Waals surface area contributed by atoms with Gasteiger partial charge in [0.1, 0.15) is 0 Å². The molecule has 0 amide bonds. The van der Waals surface area contributed by atoms with E-state index in [0.29, 0.717) is 6.04 Å². The van der Waals surface area contributed by atoms with E-state index >= 15 is 0 Å². The van der Waals surface area contributed by atoms with E-state index in [1.54, 1.807) is 11.3 Å². The summed E-state index contributed by atoms with van der Waals surface area (Å²) >= 11 is 8.02. The number of halogens is 1. The summed E-state index contributed by atoms with van der Waals surface area (Å²) in [5.74, 6) is 2.68. The van der Waals surface area contributed by atoms with Crippen molar-refractivity contribution in [2.24, 2.45) is 0 Å². The molecule has 1 aromatic heterocycles. The SMILES string of the molecule is C#CCCCC(NCC)c1scc(C)c1Cl. The predicted molar refractivity (Wildman–Crippen MR) is 73.2 cm³/mol. The third kappa shape index (κ3) is 3.52. The number of unbranched alkanes of at least 4 members (excludes halogenated alkanes) is 1. The molecule has 1 heterocycles. The van der Waals surface area contributed by atoms with Gasteiger partial charge in [0, 0.05) is 17.3 Å². The average molecular weight is 256 g/mol. The van der Waals surface area contributed by atoms with Crippen LogP contribution in [0.1, 0.15) is 42.7 Å². The Balaban J connectivity index is 2.69. The van der Waals surface area contributed by atoms with Crippen LogP contribution < -0.4 is 5.32 Å². The standard InChI is InChI=1S/C13H18ClNS/c1-4-6-7-8-11(15-5-2)13-12(14)10(3)9-16-13/h1,9,11,15H,5-8H2,2-3H3. The Labute approximate surface area is 107 Å². The number of aryl methyl sites for hydroxylation is 1. The number of terminal acetylenes is 1. The minimum absolute atomic E-state index is 0.351. The third-order valence-corrected chi connectivity index (χ3v) is 4.33. The highest BCUT2D eigenvalue weighted by atomic mass is 35.5. The van der Waals surface area contributed by atoms with E-state index in [4.69, 9.17) is 18.0 Å². The van der Waals surface area contributed by atoms with Crippen LogP contribution in [0.5, 0.6) is 0 Å². The van der Waals surface area contributed by atoms with E-state index in [-0.39, 0.29) is 0 Å². The van der Waals surface area contributed by atoms with Gasteiger partial charge in [-0.15, -0.1) is 23.7 Å². The van der Waals surface area contributed by atoms with Gasteiger partial charge in [-0.2, -0.15) is 0 Å². The summed E-state index contributed by atoms with van der Waals surface area (Å²) in [7, 11) is 0. The molecule has 0 fully saturated rings. The Morgan fingerprint density at radius 2 is 2.38 bits per heavy atom. The maximum atomic E-state index is 6.28. The number of hydrogen-bond acceptors (Lipinski definition) is 2. The molecule has 1 unspecified atom stereocenters. The lowest BCUT2D eigenvalue weighted by Crippen LogP contribution is -2.20. The molecule has 0 aliphatic carbocycles. The zero-order valence-corrected chi connectivity index (χ0v) is 11.4. The first-order chi connectivity index (χ1) is 7.70. The Morgan fingerprint density at radius 1 is 1.62 bits per heavy atom. The summed E-state index contributed by atoms with van der Waals surface area (Å²) in [6.07, 6.45) is 8.20. The molecule has 1 rings (SSSR count). The highest BCUT2D eigenvalue weighted by Gasteiger charge is 2.16. The number of rotatable bonds is 6. The van der Waals surface area contributed by atoms with Crippen LogP contribution in [0.15, 0.2) is 5.38 Å². The van der Waals surface area contributed by atoms with Crippen LogP contribution in [0.25, 0.3) is 0 Å². The maximum Gasteiger partial charge on any atom is 0.0590 e. The molecular formula is C13H18ClNS. The normalized spacial score (nSPS) is 12.4. The van der Waals surface area contributed by atoms with Gasteiger partial charge in [0.15, 0.2) is 0 Å². The smallest absolute Gasteiger partial charge is 0.0590 e. The first-order valence-electron chi connectivity index (χ1n) is 5.61. The van der Waals surface area contributed by atoms with Crippen molar-refractivity contribution in [1.82, 2.24) is 5.32 Å². The minimum atomic E-state index is 0.351. The Hall–Kier alpha value is -0.490. The average Bonchev–Trinajstić information content (AvgIpc) is 2.59. The fourth-order valence-corrected chi connectivity index (χ4v) is 3.10. The molecule has 3 heteroatoms. The molecule has 0 bridgehead atoms. The first-order valence-corrected chi connectivity index (χ1v) is 6.86. The van der Waals surface area contributed by atoms with Gasteiger partial charge in [-0.1, -0.05) is 18.5 Å². The van der Waals surface area contributed by atoms with E-state index < -0.39 is 0 Å². The summed E-state index contributed by atoms with van der Waals surface area (Å²) in [4.78, 5) is 1.25. The molecular weight excluding hydrogens is 238 g/mol. The molecule has 88 valence electrons. The largest absolute Gasteiger partial charge is 0.309 e. The Bertz CT molecular complexity index is 364. The second-order valence-electron chi connectivity index (χ2n) is 3.80.